The first-order valence-corrected chi connectivity index (χ1v) is 10.3. The van der Waals surface area contributed by atoms with Crippen molar-refractivity contribution in [1.82, 2.24) is 4.90 Å². The van der Waals surface area contributed by atoms with Gasteiger partial charge in [-0.1, -0.05) is 38.1 Å². The summed E-state index contributed by atoms with van der Waals surface area (Å²) in [5.74, 6) is 1.74. The number of hydrogen-bond donors (Lipinski definition) is 2. The summed E-state index contributed by atoms with van der Waals surface area (Å²) in [5, 5.41) is 3.17. The molecule has 0 atom stereocenters. The number of morpholine rings is 1. The van der Waals surface area contributed by atoms with E-state index in [9.17, 15) is 0 Å². The molecular formula is C23H33IN4O2. The van der Waals surface area contributed by atoms with Crippen LogP contribution in [-0.4, -0.2) is 50.3 Å². The zero-order valence-corrected chi connectivity index (χ0v) is 20.2. The second-order valence-corrected chi connectivity index (χ2v) is 7.56. The smallest absolute Gasteiger partial charge is 0.193 e. The Hall–Kier alpha value is -1.84. The first-order chi connectivity index (χ1) is 14.1. The monoisotopic (exact) mass is 524 g/mol. The Morgan fingerprint density at radius 3 is 2.70 bits per heavy atom. The van der Waals surface area contributed by atoms with Crippen LogP contribution in [0.2, 0.25) is 0 Å². The van der Waals surface area contributed by atoms with Crippen LogP contribution in [0.4, 0.5) is 5.69 Å². The summed E-state index contributed by atoms with van der Waals surface area (Å²) in [7, 11) is 0. The fraction of sp³-hybridized carbons (Fsp3) is 0.435. The molecule has 0 amide bonds. The predicted molar refractivity (Wildman–Crippen MR) is 134 cm³/mol. The van der Waals surface area contributed by atoms with Gasteiger partial charge < -0.3 is 20.5 Å². The van der Waals surface area contributed by atoms with E-state index in [0.29, 0.717) is 25.0 Å². The van der Waals surface area contributed by atoms with E-state index in [-0.39, 0.29) is 24.0 Å². The van der Waals surface area contributed by atoms with Crippen molar-refractivity contribution in [3.63, 3.8) is 0 Å². The van der Waals surface area contributed by atoms with Gasteiger partial charge in [-0.05, 0) is 41.3 Å². The topological polar surface area (TPSA) is 72.1 Å². The van der Waals surface area contributed by atoms with Crippen molar-refractivity contribution in [1.29, 1.82) is 0 Å². The number of aliphatic imine (C=N–C) groups is 1. The summed E-state index contributed by atoms with van der Waals surface area (Å²) in [6.45, 7) is 10.0. The number of ether oxygens (including phenoxy) is 2. The summed E-state index contributed by atoms with van der Waals surface area (Å²) < 4.78 is 11.3. The minimum atomic E-state index is 0. The average Bonchev–Trinajstić information content (AvgIpc) is 2.73. The quantitative estimate of drug-likeness (QED) is 0.310. The van der Waals surface area contributed by atoms with Gasteiger partial charge in [0.15, 0.2) is 5.96 Å². The van der Waals surface area contributed by atoms with Crippen LogP contribution in [0.1, 0.15) is 30.9 Å². The maximum absolute atomic E-state index is 6.07. The van der Waals surface area contributed by atoms with E-state index in [1.54, 1.807) is 0 Å². The molecule has 30 heavy (non-hydrogen) atoms. The molecule has 0 aliphatic carbocycles. The molecule has 0 saturated carbocycles. The number of nitrogens with two attached hydrogens (primary N) is 1. The predicted octanol–water partition coefficient (Wildman–Crippen LogP) is 4.07. The lowest BCUT2D eigenvalue weighted by atomic mass is 10.0. The minimum Gasteiger partial charge on any atom is -0.492 e. The minimum absolute atomic E-state index is 0. The molecule has 6 nitrogen and oxygen atoms in total. The highest BCUT2D eigenvalue weighted by atomic mass is 127. The summed E-state index contributed by atoms with van der Waals surface area (Å²) >= 11 is 0. The standard InChI is InChI=1S/C23H32N4O2.HI/c1-18(2)20-6-4-7-21(16-20)26-23(24)25-17-19-5-3-8-22(15-19)29-14-11-27-9-12-28-13-10-27;/h3-8,15-16,18H,9-14,17H2,1-2H3,(H3,24,25,26);1H. The molecule has 3 N–H and O–H groups in total. The number of benzene rings is 2. The molecular weight excluding hydrogens is 491 g/mol. The molecule has 164 valence electrons. The first kappa shape index (κ1) is 24.4. The molecule has 2 aromatic carbocycles. The van der Waals surface area contributed by atoms with E-state index >= 15 is 0 Å². The number of halogens is 1. The molecule has 1 aliphatic heterocycles. The van der Waals surface area contributed by atoms with Crippen molar-refractivity contribution in [2.75, 3.05) is 44.8 Å². The normalized spacial score (nSPS) is 15.0. The lowest BCUT2D eigenvalue weighted by molar-refractivity contribution is 0.0322. The van der Waals surface area contributed by atoms with E-state index in [1.165, 1.54) is 5.56 Å². The summed E-state index contributed by atoms with van der Waals surface area (Å²) in [5.41, 5.74) is 9.36. The Balaban J connectivity index is 0.00000320. The van der Waals surface area contributed by atoms with E-state index in [0.717, 1.165) is 49.8 Å². The third kappa shape index (κ3) is 8.12. The highest BCUT2D eigenvalue weighted by Gasteiger charge is 2.09. The van der Waals surface area contributed by atoms with Crippen LogP contribution in [0.5, 0.6) is 5.75 Å². The lowest BCUT2D eigenvalue weighted by Crippen LogP contribution is -2.38. The van der Waals surface area contributed by atoms with Gasteiger partial charge in [-0.25, -0.2) is 4.99 Å². The first-order valence-electron chi connectivity index (χ1n) is 10.3. The van der Waals surface area contributed by atoms with Crippen LogP contribution in [-0.2, 0) is 11.3 Å². The van der Waals surface area contributed by atoms with E-state index in [2.05, 4.69) is 41.2 Å². The Bertz CT molecular complexity index is 807. The number of anilines is 1. The molecule has 0 unspecified atom stereocenters. The molecule has 1 aliphatic rings. The van der Waals surface area contributed by atoms with Crippen LogP contribution >= 0.6 is 24.0 Å². The highest BCUT2D eigenvalue weighted by molar-refractivity contribution is 14.0. The maximum Gasteiger partial charge on any atom is 0.193 e. The van der Waals surface area contributed by atoms with Crippen molar-refractivity contribution >= 4 is 35.6 Å². The largest absolute Gasteiger partial charge is 0.492 e. The van der Waals surface area contributed by atoms with E-state index in [1.807, 2.05) is 36.4 Å². The van der Waals surface area contributed by atoms with Gasteiger partial charge in [-0.3, -0.25) is 4.90 Å². The SMILES string of the molecule is CC(C)c1cccc(NC(N)=NCc2cccc(OCCN3CCOCC3)c2)c1.I. The Morgan fingerprint density at radius 2 is 1.93 bits per heavy atom. The third-order valence-electron chi connectivity index (χ3n) is 4.94. The van der Waals surface area contributed by atoms with Gasteiger partial charge in [0.2, 0.25) is 0 Å². The average molecular weight is 524 g/mol. The highest BCUT2D eigenvalue weighted by Crippen LogP contribution is 2.18. The number of guanidine groups is 1. The van der Waals surface area contributed by atoms with Crippen molar-refractivity contribution in [3.05, 3.63) is 59.7 Å². The molecule has 0 aromatic heterocycles. The Morgan fingerprint density at radius 1 is 1.17 bits per heavy atom. The van der Waals surface area contributed by atoms with Crippen LogP contribution in [0.15, 0.2) is 53.5 Å². The van der Waals surface area contributed by atoms with Crippen LogP contribution in [0, 0.1) is 0 Å². The zero-order chi connectivity index (χ0) is 20.5. The van der Waals surface area contributed by atoms with Gasteiger partial charge in [0.1, 0.15) is 12.4 Å². The zero-order valence-electron chi connectivity index (χ0n) is 17.8. The van der Waals surface area contributed by atoms with Gasteiger partial charge in [0.25, 0.3) is 0 Å². The number of hydrogen-bond acceptors (Lipinski definition) is 4. The summed E-state index contributed by atoms with van der Waals surface area (Å²) in [4.78, 5) is 6.82. The van der Waals surface area contributed by atoms with Gasteiger partial charge in [-0.2, -0.15) is 0 Å². The summed E-state index contributed by atoms with van der Waals surface area (Å²) in [6.07, 6.45) is 0. The molecule has 2 aromatic rings. The Kier molecular flexibility index (Phi) is 10.4. The second kappa shape index (κ2) is 12.8. The van der Waals surface area contributed by atoms with Gasteiger partial charge >= 0.3 is 0 Å². The molecule has 1 saturated heterocycles. The van der Waals surface area contributed by atoms with E-state index < -0.39 is 0 Å². The molecule has 3 rings (SSSR count). The van der Waals surface area contributed by atoms with Crippen molar-refractivity contribution in [2.45, 2.75) is 26.3 Å². The van der Waals surface area contributed by atoms with Gasteiger partial charge in [-0.15, -0.1) is 24.0 Å². The molecule has 1 fully saturated rings. The molecule has 7 heteroatoms. The number of nitrogens with one attached hydrogen (secondary N) is 1. The van der Waals surface area contributed by atoms with Gasteiger partial charge in [0.05, 0.1) is 19.8 Å². The maximum atomic E-state index is 6.07. The van der Waals surface area contributed by atoms with E-state index in [4.69, 9.17) is 15.2 Å². The molecule has 1 heterocycles. The van der Waals surface area contributed by atoms with Crippen molar-refractivity contribution in [2.24, 2.45) is 10.7 Å². The second-order valence-electron chi connectivity index (χ2n) is 7.56. The Labute approximate surface area is 196 Å². The van der Waals surface area contributed by atoms with Crippen LogP contribution in [0.25, 0.3) is 0 Å². The van der Waals surface area contributed by atoms with Crippen LogP contribution < -0.4 is 15.8 Å². The summed E-state index contributed by atoms with van der Waals surface area (Å²) in [6, 6.07) is 16.3. The third-order valence-corrected chi connectivity index (χ3v) is 4.94. The molecule has 0 radical (unpaired) electrons. The fourth-order valence-corrected chi connectivity index (χ4v) is 3.19. The van der Waals surface area contributed by atoms with Crippen molar-refractivity contribution in [3.8, 4) is 5.75 Å². The van der Waals surface area contributed by atoms with Crippen molar-refractivity contribution < 1.29 is 9.47 Å². The van der Waals surface area contributed by atoms with Gasteiger partial charge in [0, 0.05) is 25.3 Å². The molecule has 0 bridgehead atoms. The van der Waals surface area contributed by atoms with Crippen LogP contribution in [0.3, 0.4) is 0 Å². The lowest BCUT2D eigenvalue weighted by Gasteiger charge is -2.26. The number of nitrogens with zero attached hydrogens (tertiary/aromatic N) is 2. The number of rotatable bonds is 8. The fourth-order valence-electron chi connectivity index (χ4n) is 3.19. The molecule has 0 spiro atoms.